The van der Waals surface area contributed by atoms with Gasteiger partial charge < -0.3 is 19.7 Å². The first-order chi connectivity index (χ1) is 14.4. The number of benzene rings is 1. The van der Waals surface area contributed by atoms with E-state index in [0.29, 0.717) is 39.3 Å². The number of piperazine rings is 1. The molecule has 1 aliphatic heterocycles. The first-order valence-electron chi connectivity index (χ1n) is 10.2. The third kappa shape index (κ3) is 7.30. The zero-order chi connectivity index (χ0) is 22.0. The minimum atomic E-state index is -3.31. The number of rotatable bonds is 10. The third-order valence-corrected chi connectivity index (χ3v) is 6.54. The Morgan fingerprint density at radius 2 is 1.97 bits per heavy atom. The average molecular weight is 439 g/mol. The number of nitrogens with one attached hydrogen (secondary N) is 1. The number of guanidine groups is 1. The molecule has 2 rings (SSSR count). The minimum absolute atomic E-state index is 0.0135. The maximum atomic E-state index is 12.5. The number of hydrogen-bond donors (Lipinski definition) is 1. The summed E-state index contributed by atoms with van der Waals surface area (Å²) >= 11 is 0. The lowest BCUT2D eigenvalue weighted by Crippen LogP contribution is -2.54. The molecule has 1 aromatic carbocycles. The van der Waals surface area contributed by atoms with Gasteiger partial charge in [0, 0.05) is 45.3 Å². The monoisotopic (exact) mass is 438 g/mol. The number of ether oxygens (including phenoxy) is 2. The third-order valence-electron chi connectivity index (χ3n) is 4.70. The van der Waals surface area contributed by atoms with Crippen molar-refractivity contribution in [3.05, 3.63) is 42.5 Å². The largest absolute Gasteiger partial charge is 0.489 e. The standard InChI is InChI=1S/C21H34N4O4S/c1-5-14-29-20-9-7-6-8-19(20)17-23-21(22-4)24-10-12-25(13-11-24)30(26,27)16-15-28-18(2)3/h5-9,18H,1,10-17H2,2-4H3,(H,22,23). The Hall–Kier alpha value is -2.10. The van der Waals surface area contributed by atoms with Gasteiger partial charge in [0.1, 0.15) is 12.4 Å². The van der Waals surface area contributed by atoms with E-state index in [1.54, 1.807) is 17.4 Å². The maximum Gasteiger partial charge on any atom is 0.216 e. The number of para-hydroxylation sites is 1. The second kappa shape index (κ2) is 11.9. The predicted octanol–water partition coefficient (Wildman–Crippen LogP) is 1.70. The molecule has 1 heterocycles. The summed E-state index contributed by atoms with van der Waals surface area (Å²) in [4.78, 5) is 6.43. The van der Waals surface area contributed by atoms with Crippen LogP contribution in [0, 0.1) is 0 Å². The van der Waals surface area contributed by atoms with E-state index in [-0.39, 0.29) is 18.5 Å². The second-order valence-electron chi connectivity index (χ2n) is 7.23. The van der Waals surface area contributed by atoms with E-state index < -0.39 is 10.0 Å². The highest BCUT2D eigenvalue weighted by molar-refractivity contribution is 7.89. The van der Waals surface area contributed by atoms with E-state index in [1.165, 1.54) is 0 Å². The van der Waals surface area contributed by atoms with Gasteiger partial charge in [-0.1, -0.05) is 30.9 Å². The van der Waals surface area contributed by atoms with Crippen molar-refractivity contribution in [1.29, 1.82) is 0 Å². The molecule has 0 spiro atoms. The second-order valence-corrected chi connectivity index (χ2v) is 9.32. The highest BCUT2D eigenvalue weighted by Gasteiger charge is 2.28. The fourth-order valence-electron chi connectivity index (χ4n) is 3.14. The summed E-state index contributed by atoms with van der Waals surface area (Å²) in [7, 11) is -1.58. The van der Waals surface area contributed by atoms with Gasteiger partial charge in [-0.25, -0.2) is 8.42 Å². The van der Waals surface area contributed by atoms with E-state index in [4.69, 9.17) is 9.47 Å². The summed E-state index contributed by atoms with van der Waals surface area (Å²) in [5.41, 5.74) is 1.02. The molecule has 1 N–H and O–H groups in total. The first-order valence-corrected chi connectivity index (χ1v) is 11.8. The SMILES string of the molecule is C=CCOc1ccccc1CNC(=NC)N1CCN(S(=O)(=O)CCOC(C)C)CC1. The lowest BCUT2D eigenvalue weighted by atomic mass is 10.2. The van der Waals surface area contributed by atoms with Crippen LogP contribution in [0.2, 0.25) is 0 Å². The predicted molar refractivity (Wildman–Crippen MR) is 120 cm³/mol. The summed E-state index contributed by atoms with van der Waals surface area (Å²) in [6.45, 7) is 10.7. The molecule has 0 saturated carbocycles. The van der Waals surface area contributed by atoms with Crippen LogP contribution in [0.25, 0.3) is 0 Å². The molecule has 0 bridgehead atoms. The van der Waals surface area contributed by atoms with Gasteiger partial charge in [-0.3, -0.25) is 4.99 Å². The molecule has 0 radical (unpaired) electrons. The van der Waals surface area contributed by atoms with Crippen molar-refractivity contribution in [2.24, 2.45) is 4.99 Å². The van der Waals surface area contributed by atoms with Gasteiger partial charge in [-0.15, -0.1) is 0 Å². The van der Waals surface area contributed by atoms with Crippen molar-refractivity contribution in [2.45, 2.75) is 26.5 Å². The molecule has 0 aliphatic carbocycles. The number of nitrogens with zero attached hydrogens (tertiary/aromatic N) is 3. The van der Waals surface area contributed by atoms with Gasteiger partial charge in [0.2, 0.25) is 10.0 Å². The van der Waals surface area contributed by atoms with Crippen LogP contribution in [0.15, 0.2) is 41.9 Å². The molecule has 168 valence electrons. The molecule has 0 amide bonds. The lowest BCUT2D eigenvalue weighted by Gasteiger charge is -2.36. The Morgan fingerprint density at radius 3 is 2.60 bits per heavy atom. The quantitative estimate of drug-likeness (QED) is 0.340. The zero-order valence-electron chi connectivity index (χ0n) is 18.2. The number of aliphatic imine (C=N–C) groups is 1. The molecule has 0 unspecified atom stereocenters. The van der Waals surface area contributed by atoms with Crippen LogP contribution < -0.4 is 10.1 Å². The Bertz CT molecular complexity index is 803. The van der Waals surface area contributed by atoms with Crippen molar-refractivity contribution < 1.29 is 17.9 Å². The van der Waals surface area contributed by atoms with Crippen molar-refractivity contribution >= 4 is 16.0 Å². The summed E-state index contributed by atoms with van der Waals surface area (Å²) < 4.78 is 37.7. The highest BCUT2D eigenvalue weighted by Crippen LogP contribution is 2.18. The molecule has 30 heavy (non-hydrogen) atoms. The molecule has 0 atom stereocenters. The molecule has 9 heteroatoms. The molecule has 1 aromatic rings. The summed E-state index contributed by atoms with van der Waals surface area (Å²) in [5.74, 6) is 1.56. The van der Waals surface area contributed by atoms with E-state index in [1.807, 2.05) is 38.1 Å². The minimum Gasteiger partial charge on any atom is -0.489 e. The van der Waals surface area contributed by atoms with Crippen molar-refractivity contribution in [2.75, 3.05) is 52.2 Å². The van der Waals surface area contributed by atoms with Crippen LogP contribution in [0.1, 0.15) is 19.4 Å². The Kier molecular flexibility index (Phi) is 9.61. The van der Waals surface area contributed by atoms with Gasteiger partial charge in [0.25, 0.3) is 0 Å². The topological polar surface area (TPSA) is 83.5 Å². The van der Waals surface area contributed by atoms with Crippen LogP contribution >= 0.6 is 0 Å². The maximum absolute atomic E-state index is 12.5. The summed E-state index contributed by atoms with van der Waals surface area (Å²) in [5, 5.41) is 3.35. The summed E-state index contributed by atoms with van der Waals surface area (Å²) in [6.07, 6.45) is 1.74. The van der Waals surface area contributed by atoms with Crippen LogP contribution in [0.3, 0.4) is 0 Å². The Balaban J connectivity index is 1.88. The lowest BCUT2D eigenvalue weighted by molar-refractivity contribution is 0.0904. The van der Waals surface area contributed by atoms with Crippen molar-refractivity contribution in [3.8, 4) is 5.75 Å². The molecule has 1 aliphatic rings. The fraction of sp³-hybridized carbons (Fsp3) is 0.571. The van der Waals surface area contributed by atoms with E-state index in [0.717, 1.165) is 17.3 Å². The van der Waals surface area contributed by atoms with Gasteiger partial charge in [0.15, 0.2) is 5.96 Å². The molecule has 0 aromatic heterocycles. The smallest absolute Gasteiger partial charge is 0.216 e. The van der Waals surface area contributed by atoms with Crippen LogP contribution in [-0.2, 0) is 21.3 Å². The number of sulfonamides is 1. The summed E-state index contributed by atoms with van der Waals surface area (Å²) in [6, 6.07) is 7.83. The average Bonchev–Trinajstić information content (AvgIpc) is 2.73. The molecule has 1 fully saturated rings. The number of hydrogen-bond acceptors (Lipinski definition) is 5. The van der Waals surface area contributed by atoms with E-state index >= 15 is 0 Å². The van der Waals surface area contributed by atoms with Crippen LogP contribution in [0.5, 0.6) is 5.75 Å². The zero-order valence-corrected chi connectivity index (χ0v) is 19.0. The highest BCUT2D eigenvalue weighted by atomic mass is 32.2. The molecular formula is C21H34N4O4S. The van der Waals surface area contributed by atoms with Crippen molar-refractivity contribution in [1.82, 2.24) is 14.5 Å². The van der Waals surface area contributed by atoms with E-state index in [2.05, 4.69) is 21.8 Å². The van der Waals surface area contributed by atoms with Crippen LogP contribution in [-0.4, -0.2) is 81.9 Å². The van der Waals surface area contributed by atoms with Gasteiger partial charge in [-0.05, 0) is 19.9 Å². The van der Waals surface area contributed by atoms with Gasteiger partial charge in [0.05, 0.1) is 18.5 Å². The molecule has 8 nitrogen and oxygen atoms in total. The Morgan fingerprint density at radius 1 is 1.27 bits per heavy atom. The van der Waals surface area contributed by atoms with Gasteiger partial charge in [-0.2, -0.15) is 4.31 Å². The van der Waals surface area contributed by atoms with Crippen molar-refractivity contribution in [3.63, 3.8) is 0 Å². The van der Waals surface area contributed by atoms with Crippen LogP contribution in [0.4, 0.5) is 0 Å². The molecule has 1 saturated heterocycles. The fourth-order valence-corrected chi connectivity index (χ4v) is 4.43. The molecular weight excluding hydrogens is 404 g/mol. The first kappa shape index (κ1) is 24.2. The Labute approximate surface area is 180 Å². The van der Waals surface area contributed by atoms with E-state index in [9.17, 15) is 8.42 Å². The van der Waals surface area contributed by atoms with Gasteiger partial charge >= 0.3 is 0 Å². The normalized spacial score (nSPS) is 16.0.